The Labute approximate surface area is 241 Å². The molecule has 0 aliphatic rings. The van der Waals surface area contributed by atoms with E-state index in [-0.39, 0.29) is 0 Å². The van der Waals surface area contributed by atoms with E-state index in [1.807, 2.05) is 62.4 Å². The van der Waals surface area contributed by atoms with Crippen LogP contribution in [0.25, 0.3) is 33.1 Å². The van der Waals surface area contributed by atoms with Crippen molar-refractivity contribution in [1.82, 2.24) is 9.97 Å². The fourth-order valence-electron chi connectivity index (χ4n) is 4.55. The van der Waals surface area contributed by atoms with Gasteiger partial charge in [-0.1, -0.05) is 101 Å². The van der Waals surface area contributed by atoms with Gasteiger partial charge in [0.25, 0.3) is 0 Å². The van der Waals surface area contributed by atoms with Crippen molar-refractivity contribution >= 4 is 46.0 Å². The number of hydrogen-bond donors (Lipinski definition) is 2. The molecule has 0 aliphatic heterocycles. The van der Waals surface area contributed by atoms with Gasteiger partial charge in [-0.25, -0.2) is 9.97 Å². The van der Waals surface area contributed by atoms with Crippen LogP contribution in [0.3, 0.4) is 0 Å². The molecule has 0 spiro atoms. The largest absolute Gasteiger partial charge is 0.488 e. The summed E-state index contributed by atoms with van der Waals surface area (Å²) < 4.78 is 0. The zero-order valence-corrected chi connectivity index (χ0v) is 23.9. The molecule has 0 saturated heterocycles. The van der Waals surface area contributed by atoms with Crippen LogP contribution in [0, 0.1) is 27.7 Å². The summed E-state index contributed by atoms with van der Waals surface area (Å²) in [7, 11) is -1.35. The zero-order chi connectivity index (χ0) is 28.6. The van der Waals surface area contributed by atoms with Gasteiger partial charge in [0, 0.05) is 16.3 Å². The lowest BCUT2D eigenvalue weighted by Crippen LogP contribution is -2.30. The molecule has 0 atom stereocenters. The Morgan fingerprint density at radius 2 is 1.02 bits per heavy atom. The van der Waals surface area contributed by atoms with E-state index in [1.165, 1.54) is 22.1 Å². The molecule has 0 fully saturated rings. The van der Waals surface area contributed by atoms with Crippen molar-refractivity contribution in [3.63, 3.8) is 0 Å². The van der Waals surface area contributed by atoms with Gasteiger partial charge in [0.1, 0.15) is 5.15 Å². The first-order chi connectivity index (χ1) is 19.2. The molecule has 4 nitrogen and oxygen atoms in total. The van der Waals surface area contributed by atoms with E-state index < -0.39 is 7.12 Å². The van der Waals surface area contributed by atoms with Crippen molar-refractivity contribution in [3.8, 4) is 11.3 Å². The van der Waals surface area contributed by atoms with Crippen LogP contribution >= 0.6 is 11.6 Å². The molecule has 0 radical (unpaired) electrons. The first kappa shape index (κ1) is 29.0. The van der Waals surface area contributed by atoms with E-state index in [0.29, 0.717) is 10.6 Å². The summed E-state index contributed by atoms with van der Waals surface area (Å²) in [6, 6.07) is 36.2. The monoisotopic (exact) mass is 546 g/mol. The molecule has 2 aromatic heterocycles. The van der Waals surface area contributed by atoms with E-state index in [0.717, 1.165) is 33.2 Å². The summed E-state index contributed by atoms with van der Waals surface area (Å²) in [5.41, 5.74) is 9.44. The van der Waals surface area contributed by atoms with Crippen LogP contribution in [-0.4, -0.2) is 27.1 Å². The van der Waals surface area contributed by atoms with Crippen LogP contribution in [-0.2, 0) is 0 Å². The lowest BCUT2D eigenvalue weighted by Gasteiger charge is -2.06. The Bertz CT molecular complexity index is 1710. The molecule has 2 heterocycles. The highest BCUT2D eigenvalue weighted by atomic mass is 35.5. The minimum atomic E-state index is -1.35. The van der Waals surface area contributed by atoms with Gasteiger partial charge < -0.3 is 10.0 Å². The number of hydrogen-bond acceptors (Lipinski definition) is 4. The van der Waals surface area contributed by atoms with Crippen LogP contribution in [0.4, 0.5) is 0 Å². The molecule has 40 heavy (non-hydrogen) atoms. The molecule has 0 aliphatic carbocycles. The normalized spacial score (nSPS) is 10.4. The van der Waals surface area contributed by atoms with Gasteiger partial charge in [0.15, 0.2) is 0 Å². The number of pyridine rings is 2. The molecule has 6 heteroatoms. The van der Waals surface area contributed by atoms with Gasteiger partial charge in [-0.05, 0) is 75.6 Å². The number of para-hydroxylation sites is 2. The first-order valence-corrected chi connectivity index (χ1v) is 13.5. The van der Waals surface area contributed by atoms with Crippen molar-refractivity contribution in [1.29, 1.82) is 0 Å². The molecule has 0 saturated carbocycles. The summed E-state index contributed by atoms with van der Waals surface area (Å²) in [5, 5.41) is 20.5. The Morgan fingerprint density at radius 1 is 0.550 bits per heavy atom. The lowest BCUT2D eigenvalue weighted by atomic mass is 9.79. The van der Waals surface area contributed by atoms with Crippen molar-refractivity contribution in [3.05, 3.63) is 137 Å². The van der Waals surface area contributed by atoms with E-state index in [2.05, 4.69) is 61.3 Å². The van der Waals surface area contributed by atoms with Crippen LogP contribution in [0.5, 0.6) is 0 Å². The molecular weight excluding hydrogens is 515 g/mol. The molecular formula is C34H32BClN2O2. The van der Waals surface area contributed by atoms with Crippen LogP contribution < -0.4 is 5.46 Å². The van der Waals surface area contributed by atoms with Gasteiger partial charge in [-0.2, -0.15) is 0 Å². The number of aromatic nitrogens is 2. The molecule has 0 unspecified atom stereocenters. The van der Waals surface area contributed by atoms with Crippen LogP contribution in [0.1, 0.15) is 22.3 Å². The summed E-state index contributed by atoms with van der Waals surface area (Å²) in [6.45, 7) is 8.10. The average molecular weight is 547 g/mol. The fraction of sp³-hybridized carbons (Fsp3) is 0.118. The maximum absolute atomic E-state index is 8.83. The highest BCUT2D eigenvalue weighted by Gasteiger charge is 2.10. The first-order valence-electron chi connectivity index (χ1n) is 13.1. The van der Waals surface area contributed by atoms with E-state index in [1.54, 1.807) is 18.2 Å². The third kappa shape index (κ3) is 8.00. The third-order valence-corrected chi connectivity index (χ3v) is 6.43. The number of rotatable bonds is 2. The smallest absolute Gasteiger partial charge is 0.423 e. The Morgan fingerprint density at radius 3 is 1.57 bits per heavy atom. The second kappa shape index (κ2) is 13.4. The number of nitrogens with zero attached hydrogens (tertiary/aromatic N) is 2. The van der Waals surface area contributed by atoms with Gasteiger partial charge in [-0.15, -0.1) is 0 Å². The van der Waals surface area contributed by atoms with Crippen molar-refractivity contribution < 1.29 is 10.0 Å². The second-order valence-corrected chi connectivity index (χ2v) is 10.3. The summed E-state index contributed by atoms with van der Waals surface area (Å²) in [6.07, 6.45) is 0. The molecule has 0 amide bonds. The van der Waals surface area contributed by atoms with Crippen molar-refractivity contribution in [2.45, 2.75) is 27.7 Å². The minimum absolute atomic E-state index is 0.545. The van der Waals surface area contributed by atoms with E-state index in [9.17, 15) is 0 Å². The highest BCUT2D eigenvalue weighted by Crippen LogP contribution is 2.23. The third-order valence-electron chi connectivity index (χ3n) is 6.22. The Balaban J connectivity index is 0.000000146. The lowest BCUT2D eigenvalue weighted by molar-refractivity contribution is 0.425. The van der Waals surface area contributed by atoms with Gasteiger partial charge in [0.05, 0.1) is 16.7 Å². The zero-order valence-electron chi connectivity index (χ0n) is 23.1. The number of aryl methyl sites for hydroxylation is 4. The van der Waals surface area contributed by atoms with Crippen molar-refractivity contribution in [2.24, 2.45) is 0 Å². The number of halogens is 1. The molecule has 6 aromatic rings. The standard InChI is InChI=1S/C17H15N.C9H6ClN.C8H11BO2/c1-12-9-13(2)11-15(10-12)17-8-7-14-5-3-4-6-16(14)18-17;10-9-6-5-7-3-1-2-4-8(7)11-9;1-6-3-7(2)5-8(4-6)9(10)11/h3-11H,1-2H3;1-6H;3-5,10-11H,1-2H3. The summed E-state index contributed by atoms with van der Waals surface area (Å²) in [4.78, 5) is 8.87. The van der Waals surface area contributed by atoms with Crippen molar-refractivity contribution in [2.75, 3.05) is 0 Å². The number of benzene rings is 4. The second-order valence-electron chi connectivity index (χ2n) is 9.89. The maximum Gasteiger partial charge on any atom is 0.488 e. The SMILES string of the molecule is Cc1cc(C)cc(-c2ccc3ccccc3n2)c1.Cc1cc(C)cc(B(O)O)c1.Clc1ccc2ccccc2n1. The Hall–Kier alpha value is -4.03. The molecule has 4 aromatic carbocycles. The van der Waals surface area contributed by atoms with Gasteiger partial charge >= 0.3 is 7.12 Å². The topological polar surface area (TPSA) is 66.2 Å². The van der Waals surface area contributed by atoms with Crippen LogP contribution in [0.15, 0.2) is 109 Å². The summed E-state index contributed by atoms with van der Waals surface area (Å²) in [5.74, 6) is 0. The van der Waals surface area contributed by atoms with E-state index >= 15 is 0 Å². The Kier molecular flexibility index (Phi) is 9.67. The predicted molar refractivity (Wildman–Crippen MR) is 169 cm³/mol. The highest BCUT2D eigenvalue weighted by molar-refractivity contribution is 6.58. The van der Waals surface area contributed by atoms with Gasteiger partial charge in [0.2, 0.25) is 0 Å². The average Bonchev–Trinajstić information content (AvgIpc) is 2.92. The summed E-state index contributed by atoms with van der Waals surface area (Å²) >= 11 is 5.71. The molecule has 2 N–H and O–H groups in total. The quantitative estimate of drug-likeness (QED) is 0.175. The molecule has 0 bridgehead atoms. The molecule has 200 valence electrons. The number of fused-ring (bicyclic) bond motifs is 2. The van der Waals surface area contributed by atoms with Gasteiger partial charge in [-0.3, -0.25) is 0 Å². The fourth-order valence-corrected chi connectivity index (χ4v) is 4.70. The predicted octanol–water partition coefficient (Wildman–Crippen LogP) is 7.39. The minimum Gasteiger partial charge on any atom is -0.423 e. The maximum atomic E-state index is 8.83. The van der Waals surface area contributed by atoms with Crippen LogP contribution in [0.2, 0.25) is 5.15 Å². The van der Waals surface area contributed by atoms with E-state index in [4.69, 9.17) is 26.6 Å². The molecule has 6 rings (SSSR count).